The zero-order chi connectivity index (χ0) is 16.8. The first kappa shape index (κ1) is 18.4. The standard InChI is InChI=1S/C16H26ClN3O2/c1-16(2,3)22-15(21)19-10-6-9-18-12-7-8-14(20(4)5)13(17)11-12/h7-8,11,18H,6,9-10H2,1-5H3,(H,19,21). The number of nitrogens with one attached hydrogen (secondary N) is 2. The highest BCUT2D eigenvalue weighted by atomic mass is 35.5. The van der Waals surface area contributed by atoms with E-state index in [0.717, 1.165) is 24.3 Å². The Labute approximate surface area is 138 Å². The number of hydrogen-bond acceptors (Lipinski definition) is 4. The van der Waals surface area contributed by atoms with Crippen LogP contribution < -0.4 is 15.5 Å². The van der Waals surface area contributed by atoms with Crippen LogP contribution in [0.15, 0.2) is 18.2 Å². The molecule has 1 amide bonds. The van der Waals surface area contributed by atoms with E-state index in [0.29, 0.717) is 11.6 Å². The lowest BCUT2D eigenvalue weighted by Crippen LogP contribution is -2.33. The molecule has 1 aromatic rings. The summed E-state index contributed by atoms with van der Waals surface area (Å²) in [4.78, 5) is 13.4. The molecule has 0 radical (unpaired) electrons. The second-order valence-electron chi connectivity index (χ2n) is 6.27. The van der Waals surface area contributed by atoms with Gasteiger partial charge in [-0.3, -0.25) is 0 Å². The minimum absolute atomic E-state index is 0.383. The van der Waals surface area contributed by atoms with Gasteiger partial charge in [-0.15, -0.1) is 0 Å². The minimum atomic E-state index is -0.465. The number of hydrogen-bond donors (Lipinski definition) is 2. The van der Waals surface area contributed by atoms with E-state index in [9.17, 15) is 4.79 Å². The van der Waals surface area contributed by atoms with E-state index in [1.54, 1.807) is 0 Å². The van der Waals surface area contributed by atoms with Crippen molar-refractivity contribution >= 4 is 29.1 Å². The number of carbonyl (C=O) groups excluding carboxylic acids is 1. The van der Waals surface area contributed by atoms with Gasteiger partial charge in [0.25, 0.3) is 0 Å². The zero-order valence-corrected chi connectivity index (χ0v) is 14.8. The fourth-order valence-electron chi connectivity index (χ4n) is 1.81. The molecule has 0 aliphatic carbocycles. The number of alkyl carbamates (subject to hydrolysis) is 1. The van der Waals surface area contributed by atoms with Gasteiger partial charge in [0.15, 0.2) is 0 Å². The van der Waals surface area contributed by atoms with Crippen molar-refractivity contribution in [3.63, 3.8) is 0 Å². The van der Waals surface area contributed by atoms with Gasteiger partial charge in [-0.25, -0.2) is 4.79 Å². The van der Waals surface area contributed by atoms with Crippen LogP contribution in [0.25, 0.3) is 0 Å². The fourth-order valence-corrected chi connectivity index (χ4v) is 2.15. The Bertz CT molecular complexity index is 499. The molecule has 0 unspecified atom stereocenters. The molecular weight excluding hydrogens is 302 g/mol. The summed E-state index contributed by atoms with van der Waals surface area (Å²) in [6.07, 6.45) is 0.414. The van der Waals surface area contributed by atoms with Crippen molar-refractivity contribution in [1.29, 1.82) is 0 Å². The molecule has 0 spiro atoms. The number of anilines is 2. The highest BCUT2D eigenvalue weighted by molar-refractivity contribution is 6.33. The Kier molecular flexibility index (Phi) is 6.81. The lowest BCUT2D eigenvalue weighted by Gasteiger charge is -2.19. The van der Waals surface area contributed by atoms with E-state index in [2.05, 4.69) is 10.6 Å². The summed E-state index contributed by atoms with van der Waals surface area (Å²) in [6.45, 7) is 6.83. The molecule has 2 N–H and O–H groups in total. The van der Waals surface area contributed by atoms with Crippen LogP contribution in [-0.4, -0.2) is 38.9 Å². The maximum absolute atomic E-state index is 11.5. The van der Waals surface area contributed by atoms with E-state index >= 15 is 0 Å². The van der Waals surface area contributed by atoms with Gasteiger partial charge >= 0.3 is 6.09 Å². The van der Waals surface area contributed by atoms with E-state index < -0.39 is 5.60 Å². The van der Waals surface area contributed by atoms with Gasteiger partial charge in [-0.1, -0.05) is 11.6 Å². The maximum atomic E-state index is 11.5. The summed E-state index contributed by atoms with van der Waals surface area (Å²) in [7, 11) is 3.91. The lowest BCUT2D eigenvalue weighted by atomic mass is 10.2. The average Bonchev–Trinajstić information content (AvgIpc) is 2.35. The number of carbonyl (C=O) groups is 1. The smallest absolute Gasteiger partial charge is 0.407 e. The van der Waals surface area contributed by atoms with E-state index in [1.165, 1.54) is 0 Å². The first-order valence-electron chi connectivity index (χ1n) is 7.36. The van der Waals surface area contributed by atoms with Crippen LogP contribution in [-0.2, 0) is 4.74 Å². The summed E-state index contributed by atoms with van der Waals surface area (Å²) in [5.41, 5.74) is 1.49. The van der Waals surface area contributed by atoms with Crippen molar-refractivity contribution in [1.82, 2.24) is 5.32 Å². The number of rotatable bonds is 6. The van der Waals surface area contributed by atoms with Crippen LogP contribution >= 0.6 is 11.6 Å². The lowest BCUT2D eigenvalue weighted by molar-refractivity contribution is 0.0528. The second-order valence-corrected chi connectivity index (χ2v) is 6.68. The molecule has 6 heteroatoms. The van der Waals surface area contributed by atoms with Crippen molar-refractivity contribution in [2.24, 2.45) is 0 Å². The van der Waals surface area contributed by atoms with Crippen molar-refractivity contribution in [2.45, 2.75) is 32.8 Å². The van der Waals surface area contributed by atoms with Gasteiger partial charge in [0, 0.05) is 32.9 Å². The van der Waals surface area contributed by atoms with E-state index in [1.807, 2.05) is 58.0 Å². The van der Waals surface area contributed by atoms with Gasteiger partial charge < -0.3 is 20.3 Å². The third-order valence-corrected chi connectivity index (χ3v) is 3.08. The van der Waals surface area contributed by atoms with E-state index in [4.69, 9.17) is 16.3 Å². The molecular formula is C16H26ClN3O2. The predicted octanol–water partition coefficient (Wildman–Crippen LogP) is 3.73. The number of benzene rings is 1. The Hall–Kier alpha value is -1.62. The van der Waals surface area contributed by atoms with Crippen LogP contribution in [0.1, 0.15) is 27.2 Å². The molecule has 0 aromatic heterocycles. The van der Waals surface area contributed by atoms with E-state index in [-0.39, 0.29) is 6.09 Å². The second kappa shape index (κ2) is 8.13. The van der Waals surface area contributed by atoms with Crippen molar-refractivity contribution < 1.29 is 9.53 Å². The summed E-state index contributed by atoms with van der Waals surface area (Å²) < 4.78 is 5.16. The average molecular weight is 328 g/mol. The molecule has 0 saturated carbocycles. The first-order chi connectivity index (χ1) is 10.2. The highest BCUT2D eigenvalue weighted by Crippen LogP contribution is 2.27. The summed E-state index contributed by atoms with van der Waals surface area (Å²) in [5.74, 6) is 0. The van der Waals surface area contributed by atoms with Crippen molar-refractivity contribution in [3.8, 4) is 0 Å². The van der Waals surface area contributed by atoms with Gasteiger partial charge in [0.2, 0.25) is 0 Å². The Balaban J connectivity index is 2.28. The minimum Gasteiger partial charge on any atom is -0.444 e. The molecule has 0 saturated heterocycles. The number of amides is 1. The highest BCUT2D eigenvalue weighted by Gasteiger charge is 2.15. The SMILES string of the molecule is CN(C)c1ccc(NCCCNC(=O)OC(C)(C)C)cc1Cl. The van der Waals surface area contributed by atoms with Crippen molar-refractivity contribution in [3.05, 3.63) is 23.2 Å². The van der Waals surface area contributed by atoms with Gasteiger partial charge in [0.05, 0.1) is 10.7 Å². The topological polar surface area (TPSA) is 53.6 Å². The van der Waals surface area contributed by atoms with Crippen LogP contribution in [0.5, 0.6) is 0 Å². The Morgan fingerprint density at radius 2 is 1.95 bits per heavy atom. The molecule has 5 nitrogen and oxygen atoms in total. The summed E-state index contributed by atoms with van der Waals surface area (Å²) in [6, 6.07) is 5.87. The predicted molar refractivity (Wildman–Crippen MR) is 93.1 cm³/mol. The molecule has 1 rings (SSSR count). The molecule has 1 aromatic carbocycles. The maximum Gasteiger partial charge on any atom is 0.407 e. The quantitative estimate of drug-likeness (QED) is 0.782. The van der Waals surface area contributed by atoms with Crippen LogP contribution in [0.3, 0.4) is 0 Å². The Morgan fingerprint density at radius 1 is 1.27 bits per heavy atom. The fraction of sp³-hybridized carbons (Fsp3) is 0.562. The van der Waals surface area contributed by atoms with Crippen molar-refractivity contribution in [2.75, 3.05) is 37.4 Å². The van der Waals surface area contributed by atoms with Crippen LogP contribution in [0.4, 0.5) is 16.2 Å². The van der Waals surface area contributed by atoms with Crippen LogP contribution in [0.2, 0.25) is 5.02 Å². The molecule has 0 fully saturated rings. The number of ether oxygens (including phenoxy) is 1. The number of halogens is 1. The zero-order valence-electron chi connectivity index (χ0n) is 14.0. The molecule has 0 atom stereocenters. The van der Waals surface area contributed by atoms with Gasteiger partial charge in [-0.2, -0.15) is 0 Å². The third kappa shape index (κ3) is 6.89. The molecule has 124 valence electrons. The molecule has 0 bridgehead atoms. The monoisotopic (exact) mass is 327 g/mol. The first-order valence-corrected chi connectivity index (χ1v) is 7.74. The molecule has 0 aliphatic rings. The summed E-state index contributed by atoms with van der Waals surface area (Å²) in [5, 5.41) is 6.72. The number of nitrogens with zero attached hydrogens (tertiary/aromatic N) is 1. The van der Waals surface area contributed by atoms with Gasteiger partial charge in [0.1, 0.15) is 5.60 Å². The molecule has 22 heavy (non-hydrogen) atoms. The Morgan fingerprint density at radius 3 is 2.50 bits per heavy atom. The summed E-state index contributed by atoms with van der Waals surface area (Å²) >= 11 is 6.21. The normalized spacial score (nSPS) is 11.0. The molecule has 0 heterocycles. The largest absolute Gasteiger partial charge is 0.444 e. The van der Waals surface area contributed by atoms with Gasteiger partial charge in [-0.05, 0) is 45.4 Å². The third-order valence-electron chi connectivity index (χ3n) is 2.78. The molecule has 0 aliphatic heterocycles. The van der Waals surface area contributed by atoms with Crippen LogP contribution in [0, 0.1) is 0 Å².